The normalized spacial score (nSPS) is 14.7. The van der Waals surface area contributed by atoms with Crippen molar-refractivity contribution < 1.29 is 45.3 Å². The number of benzene rings is 1. The van der Waals surface area contributed by atoms with Crippen molar-refractivity contribution in [3.63, 3.8) is 0 Å². The number of halogens is 4. The second-order valence-electron chi connectivity index (χ2n) is 8.04. The van der Waals surface area contributed by atoms with Crippen LogP contribution in [0.5, 0.6) is 17.4 Å². The molecule has 11 nitrogen and oxygen atoms in total. The van der Waals surface area contributed by atoms with Gasteiger partial charge >= 0.3 is 22.5 Å². The molecule has 0 atom stereocenters. The van der Waals surface area contributed by atoms with Crippen LogP contribution >= 0.6 is 11.6 Å². The number of alkyl halides is 3. The lowest BCUT2D eigenvalue weighted by Crippen LogP contribution is -2.50. The van der Waals surface area contributed by atoms with E-state index in [-0.39, 0.29) is 30.4 Å². The van der Waals surface area contributed by atoms with E-state index in [4.69, 9.17) is 30.5 Å². The maximum atomic E-state index is 12.9. The number of carbonyl (C=O) groups excluding carboxylic acids is 1. The molecule has 2 aromatic rings. The SMILES string of the molecule is COCCOc1ccc(COC(=O)NS(=O)(=O)NN2CCCCC2)c(Oc2ncc(C(F)(F)F)cc2Cl)c1. The molecule has 2 heterocycles. The van der Waals surface area contributed by atoms with Gasteiger partial charge in [0.1, 0.15) is 29.7 Å². The van der Waals surface area contributed by atoms with Gasteiger partial charge in [-0.15, -0.1) is 4.83 Å². The number of piperidine rings is 1. The quantitative estimate of drug-likeness (QED) is 0.377. The number of ether oxygens (including phenoxy) is 4. The van der Waals surface area contributed by atoms with Crippen molar-refractivity contribution in [1.29, 1.82) is 0 Å². The molecule has 210 valence electrons. The van der Waals surface area contributed by atoms with E-state index in [1.165, 1.54) is 30.3 Å². The number of nitrogens with one attached hydrogen (secondary N) is 2. The number of nitrogens with zero attached hydrogens (tertiary/aromatic N) is 2. The Morgan fingerprint density at radius 3 is 2.55 bits per heavy atom. The van der Waals surface area contributed by atoms with Crippen LogP contribution in [0.1, 0.15) is 30.4 Å². The zero-order chi connectivity index (χ0) is 27.8. The molecule has 0 saturated carbocycles. The van der Waals surface area contributed by atoms with E-state index in [1.807, 2.05) is 0 Å². The smallest absolute Gasteiger partial charge is 0.422 e. The van der Waals surface area contributed by atoms with Gasteiger partial charge in [-0.3, -0.25) is 0 Å². The molecule has 1 saturated heterocycles. The number of hydrogen-bond acceptors (Lipinski definition) is 9. The Morgan fingerprint density at radius 2 is 1.89 bits per heavy atom. The first-order chi connectivity index (χ1) is 18.0. The van der Waals surface area contributed by atoms with Crippen LogP contribution in [0.3, 0.4) is 0 Å². The van der Waals surface area contributed by atoms with Crippen LogP contribution in [0.4, 0.5) is 18.0 Å². The van der Waals surface area contributed by atoms with E-state index in [0.29, 0.717) is 31.1 Å². The molecule has 0 radical (unpaired) electrons. The topological polar surface area (TPSA) is 128 Å². The molecule has 0 bridgehead atoms. The molecule has 1 aromatic carbocycles. The molecule has 38 heavy (non-hydrogen) atoms. The van der Waals surface area contributed by atoms with Gasteiger partial charge in [0.2, 0.25) is 5.88 Å². The van der Waals surface area contributed by atoms with Crippen molar-refractivity contribution >= 4 is 27.9 Å². The van der Waals surface area contributed by atoms with E-state index in [2.05, 4.69) is 9.82 Å². The highest BCUT2D eigenvalue weighted by Gasteiger charge is 2.32. The number of rotatable bonds is 11. The van der Waals surface area contributed by atoms with Crippen molar-refractivity contribution in [3.8, 4) is 17.4 Å². The highest BCUT2D eigenvalue weighted by Crippen LogP contribution is 2.36. The summed E-state index contributed by atoms with van der Waals surface area (Å²) in [7, 11) is -2.73. The maximum Gasteiger partial charge on any atom is 0.422 e. The summed E-state index contributed by atoms with van der Waals surface area (Å²) in [6, 6.07) is 5.03. The minimum absolute atomic E-state index is 0.00354. The van der Waals surface area contributed by atoms with Crippen molar-refractivity contribution in [2.75, 3.05) is 33.4 Å². The van der Waals surface area contributed by atoms with Crippen molar-refractivity contribution in [2.45, 2.75) is 32.0 Å². The lowest BCUT2D eigenvalue weighted by atomic mass is 10.2. The van der Waals surface area contributed by atoms with Crippen molar-refractivity contribution in [2.24, 2.45) is 0 Å². The van der Waals surface area contributed by atoms with Gasteiger partial charge in [-0.05, 0) is 31.0 Å². The van der Waals surface area contributed by atoms with E-state index in [9.17, 15) is 26.4 Å². The van der Waals surface area contributed by atoms with Crippen LogP contribution < -0.4 is 19.0 Å². The van der Waals surface area contributed by atoms with Crippen molar-refractivity contribution in [1.82, 2.24) is 19.5 Å². The summed E-state index contributed by atoms with van der Waals surface area (Å²) in [6.45, 7) is 1.03. The molecule has 1 aromatic heterocycles. The van der Waals surface area contributed by atoms with Gasteiger partial charge in [-0.2, -0.15) is 21.6 Å². The summed E-state index contributed by atoms with van der Waals surface area (Å²) in [5, 5.41) is 1.07. The second-order valence-corrected chi connectivity index (χ2v) is 9.84. The van der Waals surface area contributed by atoms with Gasteiger partial charge in [-0.25, -0.2) is 19.5 Å². The molecule has 0 spiro atoms. The zero-order valence-electron chi connectivity index (χ0n) is 20.2. The van der Waals surface area contributed by atoms with E-state index >= 15 is 0 Å². The molecule has 2 N–H and O–H groups in total. The van der Waals surface area contributed by atoms with Gasteiger partial charge in [0.15, 0.2) is 0 Å². The van der Waals surface area contributed by atoms with Gasteiger partial charge in [0.25, 0.3) is 0 Å². The van der Waals surface area contributed by atoms with Gasteiger partial charge in [0, 0.05) is 38.0 Å². The van der Waals surface area contributed by atoms with Gasteiger partial charge < -0.3 is 18.9 Å². The number of amides is 1. The Kier molecular flexibility index (Phi) is 10.4. The molecule has 1 fully saturated rings. The summed E-state index contributed by atoms with van der Waals surface area (Å²) in [5.74, 6) is -0.0366. The third kappa shape index (κ3) is 9.16. The summed E-state index contributed by atoms with van der Waals surface area (Å²) in [4.78, 5) is 18.1. The molecule has 3 rings (SSSR count). The number of hydrazine groups is 1. The third-order valence-electron chi connectivity index (χ3n) is 5.12. The van der Waals surface area contributed by atoms with Crippen LogP contribution in [0.2, 0.25) is 5.02 Å². The van der Waals surface area contributed by atoms with E-state index < -0.39 is 39.7 Å². The summed E-state index contributed by atoms with van der Waals surface area (Å²) >= 11 is 5.95. The largest absolute Gasteiger partial charge is 0.491 e. The van der Waals surface area contributed by atoms with Crippen LogP contribution in [0.15, 0.2) is 30.5 Å². The predicted molar refractivity (Wildman–Crippen MR) is 129 cm³/mol. The number of aromatic nitrogens is 1. The molecule has 16 heteroatoms. The molecule has 1 amide bonds. The molecular weight excluding hydrogens is 557 g/mol. The molecule has 0 unspecified atom stereocenters. The Morgan fingerprint density at radius 1 is 1.16 bits per heavy atom. The summed E-state index contributed by atoms with van der Waals surface area (Å²) < 4.78 is 86.1. The van der Waals surface area contributed by atoms with Crippen LogP contribution in [-0.2, 0) is 32.5 Å². The average Bonchev–Trinajstić information content (AvgIpc) is 2.84. The minimum atomic E-state index is -4.65. The zero-order valence-corrected chi connectivity index (χ0v) is 21.8. The molecule has 1 aliphatic heterocycles. The monoisotopic (exact) mass is 582 g/mol. The Bertz CT molecular complexity index is 1210. The van der Waals surface area contributed by atoms with E-state index in [0.717, 1.165) is 19.3 Å². The van der Waals surface area contributed by atoms with Crippen molar-refractivity contribution in [3.05, 3.63) is 46.6 Å². The second kappa shape index (κ2) is 13.3. The number of methoxy groups -OCH3 is 1. The minimum Gasteiger partial charge on any atom is -0.491 e. The molecule has 1 aliphatic rings. The first-order valence-electron chi connectivity index (χ1n) is 11.3. The maximum absolute atomic E-state index is 12.9. The fourth-order valence-electron chi connectivity index (χ4n) is 3.30. The van der Waals surface area contributed by atoms with E-state index in [1.54, 1.807) is 4.72 Å². The van der Waals surface area contributed by atoms with Crippen LogP contribution in [0, 0.1) is 0 Å². The summed E-state index contributed by atoms with van der Waals surface area (Å²) in [6.07, 6.45) is -2.73. The Hall–Kier alpha value is -2.85. The highest BCUT2D eigenvalue weighted by molar-refractivity contribution is 7.88. The highest BCUT2D eigenvalue weighted by atomic mass is 35.5. The Balaban J connectivity index is 1.72. The molecule has 0 aliphatic carbocycles. The molecular formula is C22H26ClF3N4O7S. The Labute approximate surface area is 222 Å². The fourth-order valence-corrected chi connectivity index (χ4v) is 4.35. The number of hydrogen-bond donors (Lipinski definition) is 2. The van der Waals surface area contributed by atoms with Gasteiger partial charge in [0.05, 0.1) is 12.2 Å². The lowest BCUT2D eigenvalue weighted by Gasteiger charge is -2.26. The first-order valence-corrected chi connectivity index (χ1v) is 13.2. The number of carbonyl (C=O) groups is 1. The number of pyridine rings is 1. The first kappa shape index (κ1) is 29.7. The van der Waals surface area contributed by atoms with Gasteiger partial charge in [-0.1, -0.05) is 18.0 Å². The van der Waals surface area contributed by atoms with Crippen LogP contribution in [0.25, 0.3) is 0 Å². The lowest BCUT2D eigenvalue weighted by molar-refractivity contribution is -0.137. The average molecular weight is 583 g/mol. The fraction of sp³-hybridized carbons (Fsp3) is 0.455. The van der Waals surface area contributed by atoms with Crippen LogP contribution in [-0.4, -0.2) is 57.9 Å². The predicted octanol–water partition coefficient (Wildman–Crippen LogP) is 4.03. The standard InChI is InChI=1S/C22H26ClF3N4O7S/c1-34-9-10-35-17-6-5-15(14-36-21(31)28-38(32,33)29-30-7-3-2-4-8-30)19(12-17)37-20-18(23)11-16(13-27-20)22(24,25)26/h5-6,11-13,29H,2-4,7-10,14H2,1H3,(H,28,31). The third-order valence-corrected chi connectivity index (χ3v) is 6.32. The summed E-state index contributed by atoms with van der Waals surface area (Å²) in [5.41, 5.74) is -0.843.